The van der Waals surface area contributed by atoms with Crippen molar-refractivity contribution in [3.8, 4) is 0 Å². The molecule has 0 saturated heterocycles. The molecule has 0 aliphatic heterocycles. The van der Waals surface area contributed by atoms with Gasteiger partial charge in [-0.15, -0.1) is 24.0 Å². The van der Waals surface area contributed by atoms with Gasteiger partial charge in [0.1, 0.15) is 23.9 Å². The van der Waals surface area contributed by atoms with Crippen LogP contribution in [0.15, 0.2) is 33.8 Å². The largest absolute Gasteiger partial charge is 0.443 e. The average Bonchev–Trinajstić information content (AvgIpc) is 3.11. The molecule has 6 nitrogen and oxygen atoms in total. The van der Waals surface area contributed by atoms with Crippen molar-refractivity contribution in [3.05, 3.63) is 53.2 Å². The van der Waals surface area contributed by atoms with Gasteiger partial charge >= 0.3 is 0 Å². The summed E-state index contributed by atoms with van der Waals surface area (Å²) in [5.41, 5.74) is -0.0936. The number of likely N-dealkylation sites (N-methyl/N-ethyl adjacent to an activating group) is 1. The predicted octanol–water partition coefficient (Wildman–Crippen LogP) is 4.23. The second kappa shape index (κ2) is 11.6. The van der Waals surface area contributed by atoms with E-state index in [1.54, 1.807) is 25.2 Å². The molecular formula is C21H32F2IN5O. The average molecular weight is 535 g/mol. The first-order chi connectivity index (χ1) is 13.6. The van der Waals surface area contributed by atoms with Gasteiger partial charge in [-0.05, 0) is 33.2 Å². The summed E-state index contributed by atoms with van der Waals surface area (Å²) in [5, 5.41) is 6.29. The molecule has 0 amide bonds. The van der Waals surface area contributed by atoms with Crippen molar-refractivity contribution in [2.24, 2.45) is 4.99 Å². The molecule has 1 heterocycles. The third-order valence-electron chi connectivity index (χ3n) is 4.43. The fourth-order valence-corrected chi connectivity index (χ4v) is 2.78. The number of guanidine groups is 1. The maximum Gasteiger partial charge on any atom is 0.216 e. The number of oxazole rings is 1. The number of aromatic nitrogens is 1. The molecular weight excluding hydrogens is 503 g/mol. The Morgan fingerprint density at radius 1 is 1.20 bits per heavy atom. The summed E-state index contributed by atoms with van der Waals surface area (Å²) < 4.78 is 34.2. The normalized spacial score (nSPS) is 13.2. The maximum atomic E-state index is 14.2. The molecule has 0 aliphatic carbocycles. The molecule has 0 aliphatic rings. The summed E-state index contributed by atoms with van der Waals surface area (Å²) in [4.78, 5) is 10.5. The molecule has 0 radical (unpaired) electrons. The monoisotopic (exact) mass is 535 g/mol. The molecule has 30 heavy (non-hydrogen) atoms. The minimum Gasteiger partial charge on any atom is -0.443 e. The van der Waals surface area contributed by atoms with E-state index >= 15 is 0 Å². The molecule has 2 N–H and O–H groups in total. The minimum atomic E-state index is -0.568. The smallest absolute Gasteiger partial charge is 0.216 e. The van der Waals surface area contributed by atoms with Crippen molar-refractivity contribution in [3.63, 3.8) is 0 Å². The number of nitrogens with one attached hydrogen (secondary N) is 2. The van der Waals surface area contributed by atoms with Crippen molar-refractivity contribution in [2.45, 2.75) is 45.7 Å². The standard InChI is InChI=1S/C21H31F2N5O.HI/c1-7-24-20(27-13-18-25-12-17(29-18)21(2,3)4)26-11-16(28(5)6)19-14(22)9-8-10-15(19)23;/h8-10,12,16H,7,11,13H2,1-6H3,(H2,24,26,27);1H. The molecule has 0 saturated carbocycles. The van der Waals surface area contributed by atoms with Crippen LogP contribution in [0.1, 0.15) is 51.0 Å². The molecule has 0 spiro atoms. The zero-order chi connectivity index (χ0) is 21.6. The lowest BCUT2D eigenvalue weighted by molar-refractivity contribution is 0.282. The first kappa shape index (κ1) is 26.3. The van der Waals surface area contributed by atoms with E-state index in [2.05, 4.69) is 41.4 Å². The zero-order valence-electron chi connectivity index (χ0n) is 18.4. The lowest BCUT2D eigenvalue weighted by atomic mass is 9.94. The molecule has 2 rings (SSSR count). The van der Waals surface area contributed by atoms with E-state index in [0.717, 1.165) is 5.76 Å². The third kappa shape index (κ3) is 7.19. The fourth-order valence-electron chi connectivity index (χ4n) is 2.78. The van der Waals surface area contributed by atoms with Crippen LogP contribution in [-0.2, 0) is 12.0 Å². The van der Waals surface area contributed by atoms with Crippen molar-refractivity contribution in [1.82, 2.24) is 20.5 Å². The number of aliphatic imine (C=N–C) groups is 1. The van der Waals surface area contributed by atoms with E-state index < -0.39 is 17.7 Å². The van der Waals surface area contributed by atoms with E-state index in [1.807, 2.05) is 6.92 Å². The van der Waals surface area contributed by atoms with Crippen molar-refractivity contribution >= 4 is 29.9 Å². The Morgan fingerprint density at radius 3 is 2.33 bits per heavy atom. The maximum absolute atomic E-state index is 14.2. The van der Waals surface area contributed by atoms with Crippen molar-refractivity contribution in [2.75, 3.05) is 27.2 Å². The van der Waals surface area contributed by atoms with E-state index in [9.17, 15) is 8.78 Å². The van der Waals surface area contributed by atoms with Crippen molar-refractivity contribution in [1.29, 1.82) is 0 Å². The highest BCUT2D eigenvalue weighted by Gasteiger charge is 2.22. The van der Waals surface area contributed by atoms with Gasteiger partial charge in [0.05, 0.1) is 12.2 Å². The summed E-state index contributed by atoms with van der Waals surface area (Å²) in [6.07, 6.45) is 1.72. The van der Waals surface area contributed by atoms with Crippen LogP contribution in [0, 0.1) is 11.6 Å². The molecule has 168 valence electrons. The second-order valence-corrected chi connectivity index (χ2v) is 8.06. The van der Waals surface area contributed by atoms with E-state index in [-0.39, 0.29) is 48.0 Å². The molecule has 1 unspecified atom stereocenters. The van der Waals surface area contributed by atoms with Gasteiger partial charge in [-0.3, -0.25) is 0 Å². The zero-order valence-corrected chi connectivity index (χ0v) is 20.8. The number of hydrogen-bond acceptors (Lipinski definition) is 4. The quantitative estimate of drug-likeness (QED) is 0.316. The van der Waals surface area contributed by atoms with Gasteiger partial charge in [0.25, 0.3) is 0 Å². The highest BCUT2D eigenvalue weighted by atomic mass is 127. The Morgan fingerprint density at radius 2 is 1.83 bits per heavy atom. The van der Waals surface area contributed by atoms with Crippen LogP contribution in [0.5, 0.6) is 0 Å². The fraction of sp³-hybridized carbons (Fsp3) is 0.524. The SMILES string of the molecule is CCNC(=NCc1ncc(C(C)(C)C)o1)NCC(c1c(F)cccc1F)N(C)C.I. The van der Waals surface area contributed by atoms with Gasteiger partial charge in [0, 0.05) is 24.1 Å². The molecule has 2 aromatic rings. The third-order valence-corrected chi connectivity index (χ3v) is 4.43. The molecule has 0 fully saturated rings. The first-order valence-electron chi connectivity index (χ1n) is 9.71. The highest BCUT2D eigenvalue weighted by molar-refractivity contribution is 14.0. The van der Waals surface area contributed by atoms with Crippen LogP contribution in [0.2, 0.25) is 0 Å². The lowest BCUT2D eigenvalue weighted by Gasteiger charge is -2.26. The first-order valence-corrected chi connectivity index (χ1v) is 9.71. The number of benzene rings is 1. The van der Waals surface area contributed by atoms with Crippen molar-refractivity contribution < 1.29 is 13.2 Å². The molecule has 9 heteroatoms. The number of hydrogen-bond donors (Lipinski definition) is 2. The number of nitrogens with zero attached hydrogens (tertiary/aromatic N) is 3. The number of rotatable bonds is 7. The predicted molar refractivity (Wildman–Crippen MR) is 126 cm³/mol. The van der Waals surface area contributed by atoms with Gasteiger partial charge in [0.15, 0.2) is 5.96 Å². The molecule has 0 bridgehead atoms. The summed E-state index contributed by atoms with van der Waals surface area (Å²) in [5.74, 6) is 0.690. The van der Waals surface area contributed by atoms with Gasteiger partial charge < -0.3 is 20.0 Å². The van der Waals surface area contributed by atoms with Crippen LogP contribution in [0.25, 0.3) is 0 Å². The summed E-state index contributed by atoms with van der Waals surface area (Å²) in [6.45, 7) is 9.27. The van der Waals surface area contributed by atoms with Crippen LogP contribution in [0.4, 0.5) is 8.78 Å². The van der Waals surface area contributed by atoms with Gasteiger partial charge in [0.2, 0.25) is 5.89 Å². The Hall–Kier alpha value is -1.75. The Bertz CT molecular complexity index is 813. The topological polar surface area (TPSA) is 65.7 Å². The summed E-state index contributed by atoms with van der Waals surface area (Å²) >= 11 is 0. The highest BCUT2D eigenvalue weighted by Crippen LogP contribution is 2.24. The Kier molecular flexibility index (Phi) is 10.2. The summed E-state index contributed by atoms with van der Waals surface area (Å²) in [7, 11) is 3.56. The van der Waals surface area contributed by atoms with Crippen LogP contribution in [0.3, 0.4) is 0 Å². The van der Waals surface area contributed by atoms with Crippen LogP contribution >= 0.6 is 24.0 Å². The van der Waals surface area contributed by atoms with Gasteiger partial charge in [-0.2, -0.15) is 0 Å². The number of halogens is 3. The van der Waals surface area contributed by atoms with E-state index in [1.165, 1.54) is 18.2 Å². The Balaban J connectivity index is 0.00000450. The molecule has 1 aromatic carbocycles. The van der Waals surface area contributed by atoms with E-state index in [4.69, 9.17) is 4.42 Å². The Labute approximate surface area is 194 Å². The summed E-state index contributed by atoms with van der Waals surface area (Å²) in [6, 6.07) is 3.39. The van der Waals surface area contributed by atoms with Crippen LogP contribution < -0.4 is 10.6 Å². The molecule has 1 aromatic heterocycles. The molecule has 1 atom stereocenters. The van der Waals surface area contributed by atoms with Crippen LogP contribution in [-0.4, -0.2) is 43.0 Å². The van der Waals surface area contributed by atoms with Gasteiger partial charge in [-0.25, -0.2) is 18.8 Å². The minimum absolute atomic E-state index is 0. The lowest BCUT2D eigenvalue weighted by Crippen LogP contribution is -2.42. The van der Waals surface area contributed by atoms with Gasteiger partial charge in [-0.1, -0.05) is 26.8 Å². The second-order valence-electron chi connectivity index (χ2n) is 8.06. The van der Waals surface area contributed by atoms with E-state index in [0.29, 0.717) is 18.4 Å².